The van der Waals surface area contributed by atoms with E-state index in [0.29, 0.717) is 42.7 Å². The molecule has 4 fully saturated rings. The van der Waals surface area contributed by atoms with Gasteiger partial charge in [0.05, 0.1) is 6.61 Å². The number of oxime groups is 1. The maximum absolute atomic E-state index is 14.5. The van der Waals surface area contributed by atoms with Gasteiger partial charge < -0.3 is 18.1 Å². The van der Waals surface area contributed by atoms with Gasteiger partial charge in [-0.15, -0.1) is 0 Å². The molecule has 0 aliphatic heterocycles. The lowest BCUT2D eigenvalue weighted by molar-refractivity contribution is -0.166. The molecule has 0 radical (unpaired) electrons. The van der Waals surface area contributed by atoms with Crippen molar-refractivity contribution in [2.24, 2.45) is 39.7 Å². The van der Waals surface area contributed by atoms with Crippen molar-refractivity contribution in [2.75, 3.05) is 13.7 Å². The van der Waals surface area contributed by atoms with E-state index in [2.05, 4.69) is 77.9 Å². The Bertz CT molecular complexity index is 985. The molecule has 9 heteroatoms. The third-order valence-corrected chi connectivity index (χ3v) is 13.7. The van der Waals surface area contributed by atoms with Crippen molar-refractivity contribution in [2.45, 2.75) is 136 Å². The fraction of sp³-hybridized carbons (Fsp3) is 0.935. The molecule has 0 heterocycles. The van der Waals surface area contributed by atoms with Gasteiger partial charge in [0.1, 0.15) is 24.2 Å². The average molecular weight is 610 g/mol. The van der Waals surface area contributed by atoms with Crippen LogP contribution in [0.3, 0.4) is 0 Å². The molecule has 6 nitrogen and oxygen atoms in total. The molecule has 230 valence electrons. The second-order valence-electron chi connectivity index (χ2n) is 16.9. The highest BCUT2D eigenvalue weighted by Crippen LogP contribution is 2.68. The minimum Gasteiger partial charge on any atom is -0.415 e. The Hall–Kier alpha value is -0.329. The number of Topliss-reactive ketones (excluding diaryl/α,β-unsaturated/α-hetero) is 1. The molecule has 0 unspecified atom stereocenters. The molecule has 40 heavy (non-hydrogen) atoms. The van der Waals surface area contributed by atoms with Gasteiger partial charge in [0.15, 0.2) is 25.0 Å². The van der Waals surface area contributed by atoms with Gasteiger partial charge in [-0.05, 0) is 127 Å². The number of fused-ring (bicyclic) bond motifs is 5. The summed E-state index contributed by atoms with van der Waals surface area (Å²) in [5, 5.41) is 4.64. The van der Waals surface area contributed by atoms with Crippen molar-refractivity contribution in [3.63, 3.8) is 0 Å². The minimum atomic E-state index is -2.02. The first-order valence-electron chi connectivity index (χ1n) is 15.9. The summed E-state index contributed by atoms with van der Waals surface area (Å²) in [6.07, 6.45) is 8.58. The second kappa shape index (κ2) is 11.0. The summed E-state index contributed by atoms with van der Waals surface area (Å²) in [6, 6.07) is 0. The van der Waals surface area contributed by atoms with Gasteiger partial charge in [0.2, 0.25) is 0 Å². The van der Waals surface area contributed by atoms with E-state index >= 15 is 0 Å². The monoisotopic (exact) mass is 609 g/mol. The summed E-state index contributed by atoms with van der Waals surface area (Å²) in [4.78, 5) is 20.0. The van der Waals surface area contributed by atoms with Crippen LogP contribution >= 0.6 is 0 Å². The van der Waals surface area contributed by atoms with E-state index in [-0.39, 0.29) is 16.7 Å². The van der Waals surface area contributed by atoms with Gasteiger partial charge in [-0.1, -0.05) is 19.0 Å². The van der Waals surface area contributed by atoms with Crippen LogP contribution < -0.4 is 0 Å². The van der Waals surface area contributed by atoms with Crippen molar-refractivity contribution in [1.82, 2.24) is 0 Å². The Kier molecular flexibility index (Phi) is 8.95. The third-order valence-electron chi connectivity index (χ3n) is 10.7. The van der Waals surface area contributed by atoms with Crippen molar-refractivity contribution in [1.29, 1.82) is 0 Å². The van der Waals surface area contributed by atoms with Crippen LogP contribution in [-0.2, 0) is 22.9 Å². The second-order valence-corrected chi connectivity index (χ2v) is 30.3. The fourth-order valence-corrected chi connectivity index (χ4v) is 12.7. The molecule has 0 N–H and O–H groups in total. The van der Waals surface area contributed by atoms with Gasteiger partial charge in [-0.3, -0.25) is 4.79 Å². The zero-order valence-corrected chi connectivity index (χ0v) is 30.7. The van der Waals surface area contributed by atoms with Crippen molar-refractivity contribution in [3.05, 3.63) is 0 Å². The lowest BCUT2D eigenvalue weighted by Crippen LogP contribution is -2.64. The van der Waals surface area contributed by atoms with Gasteiger partial charge in [0.25, 0.3) is 0 Å². The van der Waals surface area contributed by atoms with Crippen LogP contribution in [0.4, 0.5) is 0 Å². The number of ketones is 1. The van der Waals surface area contributed by atoms with E-state index in [1.54, 1.807) is 7.11 Å². The number of hydrogen-bond donors (Lipinski definition) is 0. The first kappa shape index (κ1) is 32.6. The predicted molar refractivity (Wildman–Crippen MR) is 171 cm³/mol. The molecule has 0 spiro atoms. The zero-order chi connectivity index (χ0) is 29.9. The molecule has 8 atom stereocenters. The number of hydrogen-bond acceptors (Lipinski definition) is 6. The SMILES string of the molecule is CO/N=C(/CO[Si](C)(C)C)[C@@]1(O[Si](C)(C)C)CC[C@H]2[C@@H]3CC[C@@H]4C[C@H](O[Si](C)(C)C)CC[C@]4(C)[C@H]3C(=O)C[C@@]21C. The lowest BCUT2D eigenvalue weighted by Gasteiger charge is -2.61. The Labute approximate surface area is 248 Å². The van der Waals surface area contributed by atoms with E-state index < -0.39 is 30.6 Å². The maximum Gasteiger partial charge on any atom is 0.185 e. The largest absolute Gasteiger partial charge is 0.415 e. The normalized spacial score (nSPS) is 40.9. The highest BCUT2D eigenvalue weighted by Gasteiger charge is 2.70. The van der Waals surface area contributed by atoms with Crippen molar-refractivity contribution in [3.8, 4) is 0 Å². The Morgan fingerprint density at radius 2 is 1.57 bits per heavy atom. The molecule has 4 rings (SSSR count). The Morgan fingerprint density at radius 3 is 2.15 bits per heavy atom. The third kappa shape index (κ3) is 6.16. The fourth-order valence-electron chi connectivity index (χ4n) is 9.46. The summed E-state index contributed by atoms with van der Waals surface area (Å²) in [7, 11) is -3.79. The van der Waals surface area contributed by atoms with E-state index in [0.717, 1.165) is 44.2 Å². The summed E-state index contributed by atoms with van der Waals surface area (Å²) in [5.74, 6) is 2.05. The van der Waals surface area contributed by atoms with Crippen LogP contribution in [0.25, 0.3) is 0 Å². The smallest absolute Gasteiger partial charge is 0.185 e. The first-order chi connectivity index (χ1) is 18.2. The molecule has 4 aliphatic carbocycles. The van der Waals surface area contributed by atoms with E-state index in [4.69, 9.17) is 18.1 Å². The predicted octanol–water partition coefficient (Wildman–Crippen LogP) is 7.87. The molecule has 4 aliphatic rings. The number of nitrogens with zero attached hydrogens (tertiary/aromatic N) is 1. The summed E-state index contributed by atoms with van der Waals surface area (Å²) < 4.78 is 20.3. The topological polar surface area (TPSA) is 66.3 Å². The zero-order valence-electron chi connectivity index (χ0n) is 27.7. The van der Waals surface area contributed by atoms with Crippen LogP contribution in [0.5, 0.6) is 0 Å². The van der Waals surface area contributed by atoms with Crippen LogP contribution in [0, 0.1) is 34.5 Å². The van der Waals surface area contributed by atoms with Crippen LogP contribution in [-0.4, -0.2) is 61.9 Å². The Morgan fingerprint density at radius 1 is 0.900 bits per heavy atom. The first-order valence-corrected chi connectivity index (χ1v) is 26.1. The van der Waals surface area contributed by atoms with Crippen molar-refractivity contribution < 1.29 is 22.9 Å². The van der Waals surface area contributed by atoms with E-state index in [1.807, 2.05) is 0 Å². The van der Waals surface area contributed by atoms with Crippen LogP contribution in [0.15, 0.2) is 5.16 Å². The molecule has 0 saturated heterocycles. The summed E-state index contributed by atoms with van der Waals surface area (Å²) in [6.45, 7) is 25.5. The van der Waals surface area contributed by atoms with Crippen LogP contribution in [0.1, 0.15) is 65.2 Å². The summed E-state index contributed by atoms with van der Waals surface area (Å²) >= 11 is 0. The van der Waals surface area contributed by atoms with Gasteiger partial charge in [0, 0.05) is 23.9 Å². The maximum atomic E-state index is 14.5. The lowest BCUT2D eigenvalue weighted by atomic mass is 9.44. The molecule has 4 saturated carbocycles. The minimum absolute atomic E-state index is 0.0793. The summed E-state index contributed by atoms with van der Waals surface area (Å²) in [5.41, 5.74) is 0.00195. The van der Waals surface area contributed by atoms with E-state index in [1.165, 1.54) is 6.42 Å². The van der Waals surface area contributed by atoms with Crippen molar-refractivity contribution >= 4 is 36.4 Å². The average Bonchev–Trinajstić information content (AvgIpc) is 3.05. The number of rotatable bonds is 9. The number of carbonyl (C=O) groups excluding carboxylic acids is 1. The van der Waals surface area contributed by atoms with E-state index in [9.17, 15) is 4.79 Å². The molecule has 0 aromatic carbocycles. The van der Waals surface area contributed by atoms with Crippen LogP contribution in [0.2, 0.25) is 58.9 Å². The molecule has 0 aromatic rings. The highest BCUT2D eigenvalue weighted by molar-refractivity contribution is 6.70. The number of carbonyl (C=O) groups is 1. The van der Waals surface area contributed by atoms with Gasteiger partial charge in [-0.2, -0.15) is 0 Å². The Balaban J connectivity index is 1.68. The molecule has 0 amide bonds. The molecule has 0 aromatic heterocycles. The quantitative estimate of drug-likeness (QED) is 0.151. The van der Waals surface area contributed by atoms with Gasteiger partial charge >= 0.3 is 0 Å². The molecular formula is C31H59NO5Si3. The standard InChI is InChI=1S/C31H59NO5Si3/c1-29-17-15-23(36-39(7,8)9)19-22(29)13-14-24-25-16-18-31(37-40(10,11)12,30(25,2)20-26(33)28(24)29)27(32-34-3)21-35-38(4,5)6/h22-25,28H,13-21H2,1-12H3/b32-27-/t22-,23-,24+,25+,28-,29+,30+,31+/m1/s1. The molecular weight excluding hydrogens is 551 g/mol. The van der Waals surface area contributed by atoms with Gasteiger partial charge in [-0.25, -0.2) is 0 Å². The molecule has 0 bridgehead atoms. The highest BCUT2D eigenvalue weighted by atomic mass is 28.4.